The Labute approximate surface area is 183 Å². The van der Waals surface area contributed by atoms with E-state index < -0.39 is 5.25 Å². The SMILES string of the molecule is Cc1ccc(C)c(NC(=O)[C@@H](Sc2nnnn2Cc2cccs2)c2ccccc2)c1. The lowest BCUT2D eigenvalue weighted by Crippen LogP contribution is -2.20. The minimum Gasteiger partial charge on any atom is -0.325 e. The van der Waals surface area contributed by atoms with Crippen molar-refractivity contribution in [1.82, 2.24) is 20.2 Å². The zero-order valence-electron chi connectivity index (χ0n) is 16.6. The minimum absolute atomic E-state index is 0.106. The van der Waals surface area contributed by atoms with Crippen LogP contribution < -0.4 is 5.32 Å². The molecule has 1 N–H and O–H groups in total. The Morgan fingerprint density at radius 3 is 2.73 bits per heavy atom. The molecular weight excluding hydrogens is 414 g/mol. The summed E-state index contributed by atoms with van der Waals surface area (Å²) in [7, 11) is 0. The maximum Gasteiger partial charge on any atom is 0.242 e. The number of carbonyl (C=O) groups excluding carboxylic acids is 1. The van der Waals surface area contributed by atoms with Crippen molar-refractivity contribution in [2.75, 3.05) is 5.32 Å². The number of hydrogen-bond acceptors (Lipinski definition) is 6. The number of hydrogen-bond donors (Lipinski definition) is 1. The van der Waals surface area contributed by atoms with Gasteiger partial charge in [-0.25, -0.2) is 4.68 Å². The van der Waals surface area contributed by atoms with E-state index in [1.54, 1.807) is 16.0 Å². The van der Waals surface area contributed by atoms with Crippen LogP contribution in [0.15, 0.2) is 71.2 Å². The molecule has 0 aliphatic rings. The van der Waals surface area contributed by atoms with Crippen molar-refractivity contribution in [1.29, 1.82) is 0 Å². The Hall–Kier alpha value is -2.97. The normalized spacial score (nSPS) is 11.9. The van der Waals surface area contributed by atoms with Crippen LogP contribution in [0.5, 0.6) is 0 Å². The number of benzene rings is 2. The van der Waals surface area contributed by atoms with E-state index in [9.17, 15) is 4.79 Å². The van der Waals surface area contributed by atoms with Crippen LogP contribution in [-0.2, 0) is 11.3 Å². The second kappa shape index (κ2) is 9.23. The average Bonchev–Trinajstić information content (AvgIpc) is 3.42. The molecule has 0 aliphatic carbocycles. The van der Waals surface area contributed by atoms with E-state index in [1.165, 1.54) is 11.8 Å². The van der Waals surface area contributed by atoms with E-state index in [2.05, 4.69) is 20.8 Å². The molecule has 2 aromatic carbocycles. The molecule has 152 valence electrons. The maximum absolute atomic E-state index is 13.3. The van der Waals surface area contributed by atoms with Gasteiger partial charge in [0, 0.05) is 10.6 Å². The molecule has 0 aliphatic heterocycles. The van der Waals surface area contributed by atoms with Crippen LogP contribution in [0.3, 0.4) is 0 Å². The van der Waals surface area contributed by atoms with Crippen LogP contribution in [0.25, 0.3) is 0 Å². The zero-order chi connectivity index (χ0) is 20.9. The van der Waals surface area contributed by atoms with Gasteiger partial charge in [-0.05, 0) is 58.5 Å². The zero-order valence-corrected chi connectivity index (χ0v) is 18.3. The predicted molar refractivity (Wildman–Crippen MR) is 121 cm³/mol. The van der Waals surface area contributed by atoms with Gasteiger partial charge in [0.2, 0.25) is 11.1 Å². The standard InChI is InChI=1S/C22H21N5OS2/c1-15-10-11-16(2)19(13-15)23-21(28)20(17-7-4-3-5-8-17)30-22-24-25-26-27(22)14-18-9-6-12-29-18/h3-13,20H,14H2,1-2H3,(H,23,28)/t20-/m0/s1. The summed E-state index contributed by atoms with van der Waals surface area (Å²) in [6, 6.07) is 19.8. The summed E-state index contributed by atoms with van der Waals surface area (Å²) in [5, 5.41) is 17.4. The van der Waals surface area contributed by atoms with Crippen molar-refractivity contribution in [3.8, 4) is 0 Å². The van der Waals surface area contributed by atoms with E-state index in [4.69, 9.17) is 0 Å². The Morgan fingerprint density at radius 2 is 1.97 bits per heavy atom. The highest BCUT2D eigenvalue weighted by Crippen LogP contribution is 2.35. The van der Waals surface area contributed by atoms with E-state index >= 15 is 0 Å². The number of tetrazole rings is 1. The lowest BCUT2D eigenvalue weighted by molar-refractivity contribution is -0.115. The van der Waals surface area contributed by atoms with Gasteiger partial charge in [-0.1, -0.05) is 60.3 Å². The first-order valence-electron chi connectivity index (χ1n) is 9.48. The van der Waals surface area contributed by atoms with Gasteiger partial charge in [0.25, 0.3) is 0 Å². The number of thioether (sulfide) groups is 1. The molecule has 0 saturated heterocycles. The third kappa shape index (κ3) is 4.77. The highest BCUT2D eigenvalue weighted by Gasteiger charge is 2.25. The molecule has 4 rings (SSSR count). The van der Waals surface area contributed by atoms with Gasteiger partial charge in [-0.15, -0.1) is 16.4 Å². The molecule has 30 heavy (non-hydrogen) atoms. The molecule has 0 unspecified atom stereocenters. The molecule has 2 heterocycles. The lowest BCUT2D eigenvalue weighted by Gasteiger charge is -2.17. The first kappa shape index (κ1) is 20.3. The van der Waals surface area contributed by atoms with Crippen LogP contribution in [0.1, 0.15) is 26.8 Å². The number of aromatic nitrogens is 4. The maximum atomic E-state index is 13.3. The topological polar surface area (TPSA) is 72.7 Å². The Balaban J connectivity index is 1.61. The number of aryl methyl sites for hydroxylation is 2. The lowest BCUT2D eigenvalue weighted by atomic mass is 10.1. The molecule has 2 aromatic heterocycles. The van der Waals surface area contributed by atoms with E-state index in [1.807, 2.05) is 79.9 Å². The largest absolute Gasteiger partial charge is 0.325 e. The van der Waals surface area contributed by atoms with E-state index in [-0.39, 0.29) is 5.91 Å². The fourth-order valence-corrected chi connectivity index (χ4v) is 4.67. The van der Waals surface area contributed by atoms with Crippen LogP contribution in [0, 0.1) is 13.8 Å². The van der Waals surface area contributed by atoms with E-state index in [0.29, 0.717) is 11.7 Å². The van der Waals surface area contributed by atoms with Gasteiger partial charge in [-0.3, -0.25) is 4.79 Å². The van der Waals surface area contributed by atoms with Crippen molar-refractivity contribution in [3.63, 3.8) is 0 Å². The molecule has 1 amide bonds. The minimum atomic E-state index is -0.487. The van der Waals surface area contributed by atoms with Gasteiger partial charge >= 0.3 is 0 Å². The highest BCUT2D eigenvalue weighted by molar-refractivity contribution is 8.00. The molecule has 8 heteroatoms. The summed E-state index contributed by atoms with van der Waals surface area (Å²) in [6.07, 6.45) is 0. The first-order chi connectivity index (χ1) is 14.6. The molecule has 0 spiro atoms. The van der Waals surface area contributed by atoms with Gasteiger partial charge in [0.05, 0.1) is 6.54 Å². The van der Waals surface area contributed by atoms with Crippen LogP contribution in [0.4, 0.5) is 5.69 Å². The summed E-state index contributed by atoms with van der Waals surface area (Å²) >= 11 is 3.01. The second-order valence-corrected chi connectivity index (χ2v) is 9.02. The first-order valence-corrected chi connectivity index (χ1v) is 11.2. The van der Waals surface area contributed by atoms with Crippen molar-refractivity contribution >= 4 is 34.7 Å². The summed E-state index contributed by atoms with van der Waals surface area (Å²) in [5.74, 6) is -0.106. The van der Waals surface area contributed by atoms with Crippen molar-refractivity contribution in [2.24, 2.45) is 0 Å². The molecule has 1 atom stereocenters. The molecular formula is C22H21N5OS2. The van der Waals surface area contributed by atoms with Gasteiger partial charge in [-0.2, -0.15) is 0 Å². The molecule has 0 saturated carbocycles. The number of thiophene rings is 1. The fraction of sp³-hybridized carbons (Fsp3) is 0.182. The monoisotopic (exact) mass is 435 g/mol. The Kier molecular flexibility index (Phi) is 6.25. The third-order valence-corrected chi connectivity index (χ3v) is 6.69. The summed E-state index contributed by atoms with van der Waals surface area (Å²) in [6.45, 7) is 4.58. The molecule has 4 aromatic rings. The number of nitrogens with zero attached hydrogens (tertiary/aromatic N) is 4. The van der Waals surface area contributed by atoms with E-state index in [0.717, 1.165) is 27.3 Å². The Morgan fingerprint density at radius 1 is 1.13 bits per heavy atom. The quantitative estimate of drug-likeness (QED) is 0.419. The third-order valence-electron chi connectivity index (χ3n) is 4.60. The fourth-order valence-electron chi connectivity index (χ4n) is 3.01. The number of rotatable bonds is 7. The number of nitrogens with one attached hydrogen (secondary N) is 1. The molecule has 0 radical (unpaired) electrons. The van der Waals surface area contributed by atoms with Crippen LogP contribution >= 0.6 is 23.1 Å². The number of anilines is 1. The summed E-state index contributed by atoms with van der Waals surface area (Å²) in [5.41, 5.74) is 3.84. The smallest absolute Gasteiger partial charge is 0.242 e. The van der Waals surface area contributed by atoms with Gasteiger partial charge in [0.15, 0.2) is 0 Å². The van der Waals surface area contributed by atoms with Crippen LogP contribution in [-0.4, -0.2) is 26.1 Å². The van der Waals surface area contributed by atoms with Crippen molar-refractivity contribution in [3.05, 3.63) is 87.6 Å². The number of carbonyl (C=O) groups is 1. The summed E-state index contributed by atoms with van der Waals surface area (Å²) in [4.78, 5) is 14.5. The van der Waals surface area contributed by atoms with Crippen molar-refractivity contribution in [2.45, 2.75) is 30.8 Å². The van der Waals surface area contributed by atoms with Crippen molar-refractivity contribution < 1.29 is 4.79 Å². The van der Waals surface area contributed by atoms with Gasteiger partial charge < -0.3 is 5.32 Å². The number of amides is 1. The summed E-state index contributed by atoms with van der Waals surface area (Å²) < 4.78 is 1.73. The van der Waals surface area contributed by atoms with Gasteiger partial charge in [0.1, 0.15) is 5.25 Å². The second-order valence-electron chi connectivity index (χ2n) is 6.91. The molecule has 0 fully saturated rings. The molecule has 0 bridgehead atoms. The molecule has 6 nitrogen and oxygen atoms in total. The Bertz CT molecular complexity index is 1130. The van der Waals surface area contributed by atoms with Crippen LogP contribution in [0.2, 0.25) is 0 Å². The average molecular weight is 436 g/mol. The predicted octanol–water partition coefficient (Wildman–Crippen LogP) is 4.87. The highest BCUT2D eigenvalue weighted by atomic mass is 32.2.